The Kier molecular flexibility index (Phi) is 6.34. The highest BCUT2D eigenvalue weighted by Gasteiger charge is 2.24. The summed E-state index contributed by atoms with van der Waals surface area (Å²) in [5, 5.41) is 5.13. The van der Waals surface area contributed by atoms with E-state index in [1.165, 1.54) is 0 Å². The van der Waals surface area contributed by atoms with Crippen LogP contribution in [0.4, 0.5) is 0 Å². The fourth-order valence-corrected chi connectivity index (χ4v) is 6.16. The number of hydrogen-bond acceptors (Lipinski definition) is 5. The van der Waals surface area contributed by atoms with Gasteiger partial charge >= 0.3 is 0 Å². The Morgan fingerprint density at radius 2 is 2.03 bits per heavy atom. The van der Waals surface area contributed by atoms with Crippen LogP contribution in [0.5, 0.6) is 0 Å². The van der Waals surface area contributed by atoms with Gasteiger partial charge in [0.15, 0.2) is 9.84 Å². The van der Waals surface area contributed by atoms with Crippen molar-refractivity contribution in [2.75, 3.05) is 25.9 Å². The second-order valence-electron chi connectivity index (χ2n) is 9.89. The van der Waals surface area contributed by atoms with Crippen LogP contribution >= 0.6 is 0 Å². The summed E-state index contributed by atoms with van der Waals surface area (Å²) in [4.78, 5) is 24.1. The lowest BCUT2D eigenvalue weighted by molar-refractivity contribution is 0.0912. The largest absolute Gasteiger partial charge is 0.348 e. The molecule has 1 saturated heterocycles. The van der Waals surface area contributed by atoms with E-state index in [1.807, 2.05) is 32.2 Å². The number of piperidine rings is 1. The minimum Gasteiger partial charge on any atom is -0.348 e. The monoisotopic (exact) mass is 504 g/mol. The molecule has 2 N–H and O–H groups in total. The number of aromatic amines is 1. The molecule has 188 valence electrons. The van der Waals surface area contributed by atoms with Gasteiger partial charge in [-0.05, 0) is 86.8 Å². The van der Waals surface area contributed by atoms with Crippen molar-refractivity contribution in [2.24, 2.45) is 0 Å². The van der Waals surface area contributed by atoms with Gasteiger partial charge in [0.2, 0.25) is 0 Å². The molecule has 0 radical (unpaired) electrons. The number of aryl methyl sites for hydroxylation is 2. The van der Waals surface area contributed by atoms with Gasteiger partial charge in [-0.2, -0.15) is 0 Å². The zero-order chi connectivity index (χ0) is 25.6. The van der Waals surface area contributed by atoms with Crippen molar-refractivity contribution >= 4 is 37.7 Å². The minimum absolute atomic E-state index is 0.0272. The molecule has 1 unspecified atom stereocenters. The van der Waals surface area contributed by atoms with Crippen LogP contribution in [-0.2, 0) is 9.84 Å². The van der Waals surface area contributed by atoms with Crippen LogP contribution in [0.25, 0.3) is 33.1 Å². The Labute approximate surface area is 211 Å². The maximum absolute atomic E-state index is 13.6. The Hall–Kier alpha value is -3.23. The number of hydrogen-bond donors (Lipinski definition) is 2. The predicted molar refractivity (Wildman–Crippen MR) is 144 cm³/mol. The lowest BCUT2D eigenvalue weighted by Crippen LogP contribution is -2.46. The van der Waals surface area contributed by atoms with Crippen molar-refractivity contribution in [3.05, 3.63) is 59.3 Å². The number of nitrogens with zero attached hydrogens (tertiary/aromatic N) is 2. The van der Waals surface area contributed by atoms with E-state index in [1.54, 1.807) is 25.1 Å². The Bertz CT molecular complexity index is 1590. The van der Waals surface area contributed by atoms with Gasteiger partial charge in [-0.25, -0.2) is 13.4 Å². The van der Waals surface area contributed by atoms with Gasteiger partial charge in [0, 0.05) is 35.1 Å². The maximum atomic E-state index is 13.6. The standard InChI is InChI=1S/C28H32N4O3S/c1-5-36(34,35)21-10-6-8-19(13-21)23-14-22(28(33)30-20-9-7-11-32(4)16-20)18(3)26-25(23)24-12-17(2)15-29-27(24)31-26/h6,8,10,12-15,20H,5,7,9,11,16H2,1-4H3,(H,29,31)(H,30,33). The van der Waals surface area contributed by atoms with E-state index in [2.05, 4.69) is 33.3 Å². The van der Waals surface area contributed by atoms with Crippen molar-refractivity contribution < 1.29 is 13.2 Å². The first-order chi connectivity index (χ1) is 17.2. The average Bonchev–Trinajstić information content (AvgIpc) is 3.23. The number of H-pyrrole nitrogens is 1. The van der Waals surface area contributed by atoms with Crippen molar-refractivity contribution in [3.63, 3.8) is 0 Å². The fourth-order valence-electron chi connectivity index (χ4n) is 5.23. The molecule has 0 saturated carbocycles. The summed E-state index contributed by atoms with van der Waals surface area (Å²) in [5.41, 5.74) is 5.61. The first-order valence-electron chi connectivity index (χ1n) is 12.4. The van der Waals surface area contributed by atoms with E-state index in [4.69, 9.17) is 0 Å². The summed E-state index contributed by atoms with van der Waals surface area (Å²) >= 11 is 0. The van der Waals surface area contributed by atoms with Gasteiger partial charge in [-0.3, -0.25) is 4.79 Å². The lowest BCUT2D eigenvalue weighted by Gasteiger charge is -2.30. The van der Waals surface area contributed by atoms with Gasteiger partial charge in [-0.1, -0.05) is 19.1 Å². The summed E-state index contributed by atoms with van der Waals surface area (Å²) in [6.45, 7) is 7.46. The summed E-state index contributed by atoms with van der Waals surface area (Å²) in [7, 11) is -1.31. The van der Waals surface area contributed by atoms with Gasteiger partial charge in [0.05, 0.1) is 16.2 Å². The number of likely N-dealkylation sites (tertiary alicyclic amines) is 1. The van der Waals surface area contributed by atoms with Crippen LogP contribution < -0.4 is 5.32 Å². The molecule has 3 heterocycles. The Morgan fingerprint density at radius 1 is 1.22 bits per heavy atom. The number of nitrogens with one attached hydrogen (secondary N) is 2. The quantitative estimate of drug-likeness (QED) is 0.414. The molecule has 36 heavy (non-hydrogen) atoms. The summed E-state index contributed by atoms with van der Waals surface area (Å²) < 4.78 is 25.3. The number of rotatable bonds is 5. The van der Waals surface area contributed by atoms with Gasteiger partial charge in [0.25, 0.3) is 5.91 Å². The topological polar surface area (TPSA) is 95.2 Å². The molecule has 0 bridgehead atoms. The van der Waals surface area contributed by atoms with Crippen LogP contribution in [0.1, 0.15) is 41.3 Å². The van der Waals surface area contributed by atoms with Crippen LogP contribution in [-0.4, -0.2) is 61.1 Å². The number of pyridine rings is 1. The highest BCUT2D eigenvalue weighted by atomic mass is 32.2. The number of amides is 1. The molecule has 8 heteroatoms. The van der Waals surface area contributed by atoms with E-state index >= 15 is 0 Å². The molecule has 1 atom stereocenters. The van der Waals surface area contributed by atoms with E-state index in [0.29, 0.717) is 5.56 Å². The molecule has 0 spiro atoms. The second-order valence-corrected chi connectivity index (χ2v) is 12.2. The normalized spacial score (nSPS) is 17.1. The minimum atomic E-state index is -3.38. The van der Waals surface area contributed by atoms with Crippen molar-refractivity contribution in [2.45, 2.75) is 44.6 Å². The highest BCUT2D eigenvalue weighted by Crippen LogP contribution is 2.38. The highest BCUT2D eigenvalue weighted by molar-refractivity contribution is 7.91. The summed E-state index contributed by atoms with van der Waals surface area (Å²) in [5.74, 6) is -0.0875. The Balaban J connectivity index is 1.72. The molecule has 7 nitrogen and oxygen atoms in total. The molecule has 0 aliphatic carbocycles. The molecule has 2 aromatic carbocycles. The maximum Gasteiger partial charge on any atom is 0.251 e. The van der Waals surface area contributed by atoms with Gasteiger partial charge < -0.3 is 15.2 Å². The van der Waals surface area contributed by atoms with Crippen LogP contribution in [0.15, 0.2) is 47.5 Å². The van der Waals surface area contributed by atoms with Crippen LogP contribution in [0.2, 0.25) is 0 Å². The average molecular weight is 505 g/mol. The number of benzene rings is 2. The molecule has 4 aromatic rings. The molecular formula is C28H32N4O3S. The second kappa shape index (κ2) is 9.33. The third-order valence-electron chi connectivity index (χ3n) is 7.21. The molecule has 2 aromatic heterocycles. The number of carbonyl (C=O) groups excluding carboxylic acids is 1. The molecular weight excluding hydrogens is 472 g/mol. The molecule has 1 fully saturated rings. The fraction of sp³-hybridized carbons (Fsp3) is 0.357. The first kappa shape index (κ1) is 24.5. The van der Waals surface area contributed by atoms with Crippen molar-refractivity contribution in [1.82, 2.24) is 20.2 Å². The van der Waals surface area contributed by atoms with E-state index in [9.17, 15) is 13.2 Å². The van der Waals surface area contributed by atoms with Crippen LogP contribution in [0, 0.1) is 13.8 Å². The molecule has 1 amide bonds. The van der Waals surface area contributed by atoms with Crippen molar-refractivity contribution in [3.8, 4) is 11.1 Å². The third-order valence-corrected chi connectivity index (χ3v) is 8.94. The van der Waals surface area contributed by atoms with E-state index in [0.717, 1.165) is 70.1 Å². The number of fused-ring (bicyclic) bond motifs is 3. The van der Waals surface area contributed by atoms with Gasteiger partial charge in [0.1, 0.15) is 5.65 Å². The Morgan fingerprint density at radius 3 is 2.78 bits per heavy atom. The van der Waals surface area contributed by atoms with E-state index < -0.39 is 9.84 Å². The van der Waals surface area contributed by atoms with Gasteiger partial charge in [-0.15, -0.1) is 0 Å². The van der Waals surface area contributed by atoms with E-state index in [-0.39, 0.29) is 22.6 Å². The number of carbonyl (C=O) groups is 1. The molecule has 1 aliphatic rings. The number of aromatic nitrogens is 2. The van der Waals surface area contributed by atoms with Crippen LogP contribution in [0.3, 0.4) is 0 Å². The SMILES string of the molecule is CCS(=O)(=O)c1cccc(-c2cc(C(=O)NC3CCCN(C)C3)c(C)c3[nH]c4ncc(C)cc4c23)c1. The lowest BCUT2D eigenvalue weighted by atomic mass is 9.93. The van der Waals surface area contributed by atoms with Crippen molar-refractivity contribution in [1.29, 1.82) is 0 Å². The number of likely N-dealkylation sites (N-methyl/N-ethyl adjacent to an activating group) is 1. The first-order valence-corrected chi connectivity index (χ1v) is 14.1. The predicted octanol–water partition coefficient (Wildman–Crippen LogP) is 4.62. The zero-order valence-corrected chi connectivity index (χ0v) is 22.0. The molecule has 5 rings (SSSR count). The molecule has 1 aliphatic heterocycles. The summed E-state index contributed by atoms with van der Waals surface area (Å²) in [6, 6.07) is 11.1. The summed E-state index contributed by atoms with van der Waals surface area (Å²) in [6.07, 6.45) is 3.82. The number of sulfone groups is 1. The third kappa shape index (κ3) is 4.40. The zero-order valence-electron chi connectivity index (χ0n) is 21.2. The smallest absolute Gasteiger partial charge is 0.251 e.